The Labute approximate surface area is 144 Å². The van der Waals surface area contributed by atoms with Crippen LogP contribution in [0.3, 0.4) is 0 Å². The third-order valence-electron chi connectivity index (χ3n) is 3.02. The van der Waals surface area contributed by atoms with E-state index < -0.39 is 18.1 Å². The molecule has 0 fully saturated rings. The number of carbonyl (C=O) groups is 3. The Morgan fingerprint density at radius 3 is 2.35 bits per heavy atom. The van der Waals surface area contributed by atoms with Gasteiger partial charge in [-0.2, -0.15) is 0 Å². The first-order valence-electron chi connectivity index (χ1n) is 7.39. The highest BCUT2D eigenvalue weighted by Crippen LogP contribution is 2.10. The molecule has 0 aliphatic rings. The van der Waals surface area contributed by atoms with Crippen molar-refractivity contribution >= 4 is 33.7 Å². The van der Waals surface area contributed by atoms with Gasteiger partial charge in [-0.05, 0) is 44.5 Å². The lowest BCUT2D eigenvalue weighted by Crippen LogP contribution is -2.43. The molecule has 126 valence electrons. The number of hydrogen-bond acceptors (Lipinski definition) is 4. The number of halogens is 1. The number of amides is 2. The summed E-state index contributed by atoms with van der Waals surface area (Å²) in [6.45, 7) is 5.45. The minimum atomic E-state index is -0.902. The summed E-state index contributed by atoms with van der Waals surface area (Å²) in [5, 5.41) is 5.18. The average Bonchev–Trinajstić information content (AvgIpc) is 2.52. The molecule has 1 rings (SSSR count). The van der Waals surface area contributed by atoms with Gasteiger partial charge in [0.1, 0.15) is 6.04 Å². The lowest BCUT2D eigenvalue weighted by atomic mass is 10.2. The molecule has 0 heterocycles. The summed E-state index contributed by atoms with van der Waals surface area (Å²) in [4.78, 5) is 35.6. The lowest BCUT2D eigenvalue weighted by molar-refractivity contribution is -0.156. The van der Waals surface area contributed by atoms with Crippen molar-refractivity contribution in [3.05, 3.63) is 34.3 Å². The van der Waals surface area contributed by atoms with Crippen LogP contribution >= 0.6 is 15.9 Å². The third kappa shape index (κ3) is 6.40. The summed E-state index contributed by atoms with van der Waals surface area (Å²) in [7, 11) is 0. The van der Waals surface area contributed by atoms with Gasteiger partial charge in [0, 0.05) is 16.6 Å². The predicted molar refractivity (Wildman–Crippen MR) is 89.9 cm³/mol. The largest absolute Gasteiger partial charge is 0.451 e. The van der Waals surface area contributed by atoms with Crippen molar-refractivity contribution in [1.29, 1.82) is 0 Å². The standard InChI is InChI=1S/C16H21BrN2O4/c1-4-9-18-14(20)11(3)23-16(22)10(2)19-15(21)12-5-7-13(17)8-6-12/h5-8,10-11H,4,9H2,1-3H3,(H,18,20)(H,19,21)/t10-,11-/m0/s1. The molecule has 6 nitrogen and oxygen atoms in total. The highest BCUT2D eigenvalue weighted by Gasteiger charge is 2.23. The van der Waals surface area contributed by atoms with Gasteiger partial charge in [0.15, 0.2) is 6.10 Å². The minimum Gasteiger partial charge on any atom is -0.451 e. The molecule has 1 aromatic rings. The van der Waals surface area contributed by atoms with Gasteiger partial charge in [-0.15, -0.1) is 0 Å². The monoisotopic (exact) mass is 384 g/mol. The third-order valence-corrected chi connectivity index (χ3v) is 3.55. The van der Waals surface area contributed by atoms with Crippen LogP contribution in [-0.4, -0.2) is 36.5 Å². The number of rotatable bonds is 7. The van der Waals surface area contributed by atoms with E-state index in [4.69, 9.17) is 4.74 Å². The van der Waals surface area contributed by atoms with E-state index in [2.05, 4.69) is 26.6 Å². The molecule has 0 radical (unpaired) electrons. The maximum absolute atomic E-state index is 12.0. The normalized spacial score (nSPS) is 12.9. The molecule has 0 aliphatic heterocycles. The average molecular weight is 385 g/mol. The van der Waals surface area contributed by atoms with Crippen LogP contribution in [0.25, 0.3) is 0 Å². The zero-order chi connectivity index (χ0) is 17.4. The molecule has 0 unspecified atom stereocenters. The Morgan fingerprint density at radius 2 is 1.78 bits per heavy atom. The topological polar surface area (TPSA) is 84.5 Å². The summed E-state index contributed by atoms with van der Waals surface area (Å²) in [6.07, 6.45) is -0.104. The number of nitrogens with one attached hydrogen (secondary N) is 2. The molecule has 0 saturated heterocycles. The fraction of sp³-hybridized carbons (Fsp3) is 0.438. The Balaban J connectivity index is 2.51. The van der Waals surface area contributed by atoms with E-state index in [-0.39, 0.29) is 11.8 Å². The highest BCUT2D eigenvalue weighted by atomic mass is 79.9. The van der Waals surface area contributed by atoms with E-state index in [1.165, 1.54) is 13.8 Å². The van der Waals surface area contributed by atoms with Crippen molar-refractivity contribution in [3.8, 4) is 0 Å². The second-order valence-corrected chi connectivity index (χ2v) is 5.99. The quantitative estimate of drug-likeness (QED) is 0.704. The lowest BCUT2D eigenvalue weighted by Gasteiger charge is -2.17. The summed E-state index contributed by atoms with van der Waals surface area (Å²) >= 11 is 3.28. The molecule has 0 bridgehead atoms. The van der Waals surface area contributed by atoms with Gasteiger partial charge in [-0.3, -0.25) is 9.59 Å². The second kappa shape index (κ2) is 9.29. The van der Waals surface area contributed by atoms with E-state index in [0.717, 1.165) is 10.9 Å². The van der Waals surface area contributed by atoms with Crippen molar-refractivity contribution in [2.24, 2.45) is 0 Å². The van der Waals surface area contributed by atoms with Crippen LogP contribution in [0, 0.1) is 0 Å². The van der Waals surface area contributed by atoms with Gasteiger partial charge >= 0.3 is 5.97 Å². The van der Waals surface area contributed by atoms with E-state index in [1.54, 1.807) is 24.3 Å². The first-order chi connectivity index (χ1) is 10.8. The zero-order valence-electron chi connectivity index (χ0n) is 13.4. The zero-order valence-corrected chi connectivity index (χ0v) is 15.0. The fourth-order valence-electron chi connectivity index (χ4n) is 1.66. The summed E-state index contributed by atoms with van der Waals surface area (Å²) < 4.78 is 5.91. The maximum atomic E-state index is 12.0. The van der Waals surface area contributed by atoms with E-state index in [0.29, 0.717) is 12.1 Å². The van der Waals surface area contributed by atoms with Crippen LogP contribution in [-0.2, 0) is 14.3 Å². The van der Waals surface area contributed by atoms with Crippen LogP contribution in [0.15, 0.2) is 28.7 Å². The number of benzene rings is 1. The highest BCUT2D eigenvalue weighted by molar-refractivity contribution is 9.10. The van der Waals surface area contributed by atoms with Gasteiger partial charge in [-0.25, -0.2) is 4.79 Å². The molecule has 2 amide bonds. The van der Waals surface area contributed by atoms with E-state index in [9.17, 15) is 14.4 Å². The number of carbonyl (C=O) groups excluding carboxylic acids is 3. The molecule has 1 aromatic carbocycles. The van der Waals surface area contributed by atoms with Gasteiger partial charge in [-0.1, -0.05) is 22.9 Å². The molecule has 0 spiro atoms. The van der Waals surface area contributed by atoms with Crippen molar-refractivity contribution in [3.63, 3.8) is 0 Å². The van der Waals surface area contributed by atoms with Crippen LogP contribution in [0.5, 0.6) is 0 Å². The molecule has 2 N–H and O–H groups in total. The van der Waals surface area contributed by atoms with E-state index in [1.807, 2.05) is 6.92 Å². The number of esters is 1. The summed E-state index contributed by atoms with van der Waals surface area (Å²) in [5.41, 5.74) is 0.432. The molecular weight excluding hydrogens is 364 g/mol. The molecule has 23 heavy (non-hydrogen) atoms. The molecule has 0 aromatic heterocycles. The first-order valence-corrected chi connectivity index (χ1v) is 8.19. The summed E-state index contributed by atoms with van der Waals surface area (Å²) in [6, 6.07) is 5.89. The smallest absolute Gasteiger partial charge is 0.329 e. The minimum absolute atomic E-state index is 0.355. The molecular formula is C16H21BrN2O4. The summed E-state index contributed by atoms with van der Waals surface area (Å²) in [5.74, 6) is -1.40. The predicted octanol–water partition coefficient (Wildman–Crippen LogP) is 2.03. The Bertz CT molecular complexity index is 560. The SMILES string of the molecule is CCCNC(=O)[C@H](C)OC(=O)[C@H](C)NC(=O)c1ccc(Br)cc1. The number of ether oxygens (including phenoxy) is 1. The van der Waals surface area contributed by atoms with Gasteiger partial charge in [0.05, 0.1) is 0 Å². The van der Waals surface area contributed by atoms with Crippen LogP contribution in [0.4, 0.5) is 0 Å². The van der Waals surface area contributed by atoms with Crippen molar-refractivity contribution in [2.45, 2.75) is 39.3 Å². The second-order valence-electron chi connectivity index (χ2n) is 5.07. The maximum Gasteiger partial charge on any atom is 0.329 e. The van der Waals surface area contributed by atoms with Crippen molar-refractivity contribution in [1.82, 2.24) is 10.6 Å². The molecule has 0 aliphatic carbocycles. The Morgan fingerprint density at radius 1 is 1.17 bits per heavy atom. The molecule has 0 saturated carbocycles. The molecule has 7 heteroatoms. The van der Waals surface area contributed by atoms with Gasteiger partial charge in [0.2, 0.25) is 0 Å². The van der Waals surface area contributed by atoms with Crippen molar-refractivity contribution in [2.75, 3.05) is 6.54 Å². The van der Waals surface area contributed by atoms with Crippen LogP contribution < -0.4 is 10.6 Å². The van der Waals surface area contributed by atoms with E-state index >= 15 is 0 Å². The van der Waals surface area contributed by atoms with Crippen LogP contribution in [0.2, 0.25) is 0 Å². The van der Waals surface area contributed by atoms with Gasteiger partial charge < -0.3 is 15.4 Å². The molecule has 2 atom stereocenters. The first kappa shape index (κ1) is 19.2. The van der Waals surface area contributed by atoms with Crippen LogP contribution in [0.1, 0.15) is 37.6 Å². The van der Waals surface area contributed by atoms with Crippen molar-refractivity contribution < 1.29 is 19.1 Å². The Hall–Kier alpha value is -1.89. The number of hydrogen-bond donors (Lipinski definition) is 2. The Kier molecular flexibility index (Phi) is 7.74. The fourth-order valence-corrected chi connectivity index (χ4v) is 1.93. The van der Waals surface area contributed by atoms with Gasteiger partial charge in [0.25, 0.3) is 11.8 Å².